The zero-order valence-electron chi connectivity index (χ0n) is 7.91. The van der Waals surface area contributed by atoms with Gasteiger partial charge in [0.2, 0.25) is 0 Å². The van der Waals surface area contributed by atoms with Crippen LogP contribution in [0, 0.1) is 0 Å². The Morgan fingerprint density at radius 3 is 1.75 bits per heavy atom. The predicted octanol–water partition coefficient (Wildman–Crippen LogP) is 2.71. The lowest BCUT2D eigenvalue weighted by Crippen LogP contribution is -1.99. The van der Waals surface area contributed by atoms with Crippen molar-refractivity contribution < 1.29 is 13.6 Å². The van der Waals surface area contributed by atoms with Crippen LogP contribution in [0.25, 0.3) is 0 Å². The minimum Gasteiger partial charge on any atom is -0.312 e. The second-order valence-electron chi connectivity index (χ2n) is 2.30. The largest absolute Gasteiger partial charge is 0.326 e. The molecule has 0 atom stereocenters. The lowest BCUT2D eigenvalue weighted by Gasteiger charge is -2.18. The summed E-state index contributed by atoms with van der Waals surface area (Å²) in [6, 6.07) is 0. The molecule has 0 aliphatic carbocycles. The molecule has 0 fully saturated rings. The molecular weight excluding hydrogens is 195 g/mol. The fraction of sp³-hybridized carbons (Fsp3) is 1.00. The molecule has 0 aromatic carbocycles. The summed E-state index contributed by atoms with van der Waals surface area (Å²) in [5.41, 5.74) is 0. The van der Waals surface area contributed by atoms with Crippen molar-refractivity contribution >= 4 is 18.5 Å². The van der Waals surface area contributed by atoms with E-state index in [1.165, 1.54) is 7.11 Å². The van der Waals surface area contributed by atoms with Crippen LogP contribution in [0.4, 0.5) is 0 Å². The lowest BCUT2D eigenvalue weighted by atomic mass is 10.5. The molecule has 0 aromatic rings. The van der Waals surface area contributed by atoms with Crippen molar-refractivity contribution in [3.05, 3.63) is 0 Å². The van der Waals surface area contributed by atoms with Crippen LogP contribution < -0.4 is 0 Å². The molecule has 0 heterocycles. The Morgan fingerprint density at radius 1 is 1.08 bits per heavy atom. The average molecular weight is 212 g/mol. The fourth-order valence-corrected chi connectivity index (χ4v) is 2.09. The molecule has 0 aliphatic heterocycles. The topological polar surface area (TPSA) is 27.7 Å². The first kappa shape index (κ1) is 12.5. The van der Waals surface area contributed by atoms with Crippen LogP contribution in [0.2, 0.25) is 0 Å². The highest BCUT2D eigenvalue weighted by Crippen LogP contribution is 2.48. The highest BCUT2D eigenvalue weighted by Gasteiger charge is 2.16. The molecular formula is C7H17O3PS. The summed E-state index contributed by atoms with van der Waals surface area (Å²) in [5.74, 6) is 0. The van der Waals surface area contributed by atoms with Crippen molar-refractivity contribution in [2.75, 3.05) is 20.3 Å². The summed E-state index contributed by atoms with van der Waals surface area (Å²) in [4.78, 5) is 0. The van der Waals surface area contributed by atoms with E-state index in [0.717, 1.165) is 12.8 Å². The van der Waals surface area contributed by atoms with Crippen LogP contribution in [0.1, 0.15) is 26.7 Å². The van der Waals surface area contributed by atoms with Gasteiger partial charge in [-0.15, -0.1) is 0 Å². The molecule has 0 spiro atoms. The van der Waals surface area contributed by atoms with Crippen molar-refractivity contribution in [2.45, 2.75) is 26.7 Å². The van der Waals surface area contributed by atoms with Crippen LogP contribution in [0.15, 0.2) is 0 Å². The van der Waals surface area contributed by atoms with Gasteiger partial charge in [-0.25, -0.2) is 0 Å². The quantitative estimate of drug-likeness (QED) is 0.606. The van der Waals surface area contributed by atoms with Gasteiger partial charge in [0.15, 0.2) is 0 Å². The maximum Gasteiger partial charge on any atom is 0.326 e. The monoisotopic (exact) mass is 212 g/mol. The van der Waals surface area contributed by atoms with E-state index in [4.69, 9.17) is 25.4 Å². The first-order chi connectivity index (χ1) is 5.68. The summed E-state index contributed by atoms with van der Waals surface area (Å²) in [6.45, 7) is 2.86. The smallest absolute Gasteiger partial charge is 0.312 e. The number of hydrogen-bond donors (Lipinski definition) is 0. The molecule has 0 aromatic heterocycles. The van der Waals surface area contributed by atoms with Crippen molar-refractivity contribution in [3.8, 4) is 0 Å². The zero-order valence-corrected chi connectivity index (χ0v) is 9.62. The van der Waals surface area contributed by atoms with Gasteiger partial charge in [-0.1, -0.05) is 13.8 Å². The van der Waals surface area contributed by atoms with E-state index in [-0.39, 0.29) is 0 Å². The molecule has 0 aliphatic rings. The minimum atomic E-state index is -2.40. The van der Waals surface area contributed by atoms with Crippen LogP contribution in [-0.4, -0.2) is 20.3 Å². The highest BCUT2D eigenvalue weighted by molar-refractivity contribution is 8.07. The van der Waals surface area contributed by atoms with Crippen LogP contribution in [0.3, 0.4) is 0 Å². The molecule has 3 nitrogen and oxygen atoms in total. The molecule has 0 unspecified atom stereocenters. The van der Waals surface area contributed by atoms with E-state index in [9.17, 15) is 0 Å². The van der Waals surface area contributed by atoms with Crippen molar-refractivity contribution in [1.29, 1.82) is 0 Å². The number of rotatable bonds is 7. The van der Waals surface area contributed by atoms with E-state index in [0.29, 0.717) is 13.2 Å². The summed E-state index contributed by atoms with van der Waals surface area (Å²) in [7, 11) is 1.53. The summed E-state index contributed by atoms with van der Waals surface area (Å²) in [6.07, 6.45) is 1.86. The van der Waals surface area contributed by atoms with Gasteiger partial charge in [0.25, 0.3) is 0 Å². The Labute approximate surface area is 79.6 Å². The third-order valence-corrected chi connectivity index (χ3v) is 3.66. The van der Waals surface area contributed by atoms with Gasteiger partial charge >= 0.3 is 6.72 Å². The van der Waals surface area contributed by atoms with Crippen LogP contribution in [0.5, 0.6) is 0 Å². The fourth-order valence-electron chi connectivity index (χ4n) is 0.549. The van der Waals surface area contributed by atoms with Gasteiger partial charge < -0.3 is 13.6 Å². The van der Waals surface area contributed by atoms with E-state index >= 15 is 0 Å². The standard InChI is InChI=1S/C7H17O3PS/c1-4-6-9-11(12,8-3)10-7-5-2/h4-7H2,1-3H3. The SMILES string of the molecule is CCCOP(=S)(OC)OCCC. The van der Waals surface area contributed by atoms with Crippen LogP contribution in [-0.2, 0) is 25.4 Å². The average Bonchev–Trinajstić information content (AvgIpc) is 2.11. The van der Waals surface area contributed by atoms with E-state index < -0.39 is 6.72 Å². The maximum atomic E-state index is 5.31. The molecule has 12 heavy (non-hydrogen) atoms. The van der Waals surface area contributed by atoms with Gasteiger partial charge in [0, 0.05) is 7.11 Å². The van der Waals surface area contributed by atoms with Gasteiger partial charge in [-0.05, 0) is 24.6 Å². The van der Waals surface area contributed by atoms with E-state index in [2.05, 4.69) is 0 Å². The third-order valence-electron chi connectivity index (χ3n) is 1.13. The maximum absolute atomic E-state index is 5.31. The summed E-state index contributed by atoms with van der Waals surface area (Å²) >= 11 is 5.08. The Hall–Kier alpha value is 0.530. The van der Waals surface area contributed by atoms with Crippen molar-refractivity contribution in [3.63, 3.8) is 0 Å². The van der Waals surface area contributed by atoms with Crippen molar-refractivity contribution in [1.82, 2.24) is 0 Å². The molecule has 0 saturated heterocycles. The molecule has 0 N–H and O–H groups in total. The first-order valence-electron chi connectivity index (χ1n) is 4.13. The predicted molar refractivity (Wildman–Crippen MR) is 53.8 cm³/mol. The minimum absolute atomic E-state index is 0.606. The number of hydrogen-bond acceptors (Lipinski definition) is 4. The van der Waals surface area contributed by atoms with Gasteiger partial charge in [0.1, 0.15) is 0 Å². The van der Waals surface area contributed by atoms with Gasteiger partial charge in [-0.3, -0.25) is 0 Å². The Morgan fingerprint density at radius 2 is 1.50 bits per heavy atom. The second kappa shape index (κ2) is 6.98. The van der Waals surface area contributed by atoms with Crippen LogP contribution >= 0.6 is 6.72 Å². The highest BCUT2D eigenvalue weighted by atomic mass is 32.5. The second-order valence-corrected chi connectivity index (χ2v) is 5.41. The van der Waals surface area contributed by atoms with E-state index in [1.807, 2.05) is 13.8 Å². The Balaban J connectivity index is 3.79. The summed E-state index contributed by atoms with van der Waals surface area (Å²) in [5, 5.41) is 0. The lowest BCUT2D eigenvalue weighted by molar-refractivity contribution is 0.177. The summed E-state index contributed by atoms with van der Waals surface area (Å²) < 4.78 is 15.6. The zero-order chi connectivity index (χ0) is 9.45. The first-order valence-corrected chi connectivity index (χ1v) is 6.69. The van der Waals surface area contributed by atoms with E-state index in [1.54, 1.807) is 0 Å². The molecule has 5 heteroatoms. The molecule has 74 valence electrons. The Kier molecular flexibility index (Phi) is 7.29. The molecule has 0 amide bonds. The third kappa shape index (κ3) is 5.22. The van der Waals surface area contributed by atoms with Gasteiger partial charge in [0.05, 0.1) is 13.2 Å². The molecule has 0 radical (unpaired) electrons. The molecule has 0 saturated carbocycles. The molecule has 0 rings (SSSR count). The normalized spacial score (nSPS) is 11.9. The Bertz CT molecular complexity index is 140. The van der Waals surface area contributed by atoms with Gasteiger partial charge in [-0.2, -0.15) is 0 Å². The molecule has 0 bridgehead atoms. The van der Waals surface area contributed by atoms with Crippen molar-refractivity contribution in [2.24, 2.45) is 0 Å².